The number of aryl methyl sites for hydroxylation is 2. The molecule has 3 unspecified atom stereocenters. The molecule has 0 bridgehead atoms. The highest BCUT2D eigenvalue weighted by Crippen LogP contribution is 2.32. The van der Waals surface area contributed by atoms with Crippen molar-refractivity contribution in [1.29, 1.82) is 0 Å². The van der Waals surface area contributed by atoms with E-state index in [-0.39, 0.29) is 23.9 Å². The number of nitrogens with one attached hydrogen (secondary N) is 2. The number of aromatic nitrogens is 1. The predicted octanol–water partition coefficient (Wildman–Crippen LogP) is 2.09. The van der Waals surface area contributed by atoms with Gasteiger partial charge in [0.1, 0.15) is 5.76 Å². The van der Waals surface area contributed by atoms with Crippen molar-refractivity contribution in [2.45, 2.75) is 51.1 Å². The number of hydrogen-bond acceptors (Lipinski definition) is 5. The monoisotopic (exact) mass is 354 g/mol. The Balaban J connectivity index is 1.50. The lowest BCUT2D eigenvalue weighted by atomic mass is 9.91. The van der Waals surface area contributed by atoms with Gasteiger partial charge in [0.25, 0.3) is 0 Å². The first-order chi connectivity index (χ1) is 12.6. The molecule has 6 heteroatoms. The quantitative estimate of drug-likeness (QED) is 0.880. The summed E-state index contributed by atoms with van der Waals surface area (Å²) in [6.45, 7) is 5.62. The molecule has 0 spiro atoms. The van der Waals surface area contributed by atoms with Crippen LogP contribution < -0.4 is 10.9 Å². The first kappa shape index (κ1) is 17.2. The van der Waals surface area contributed by atoms with Crippen molar-refractivity contribution in [3.63, 3.8) is 0 Å². The van der Waals surface area contributed by atoms with Gasteiger partial charge < -0.3 is 9.42 Å². The van der Waals surface area contributed by atoms with Crippen molar-refractivity contribution in [1.82, 2.24) is 20.9 Å². The fourth-order valence-corrected chi connectivity index (χ4v) is 4.26. The topological polar surface area (TPSA) is 70.4 Å². The lowest BCUT2D eigenvalue weighted by molar-refractivity contribution is -0.131. The maximum absolute atomic E-state index is 13.0. The molecule has 2 saturated heterocycles. The minimum absolute atomic E-state index is 0.144. The van der Waals surface area contributed by atoms with Crippen molar-refractivity contribution in [2.24, 2.45) is 0 Å². The summed E-state index contributed by atoms with van der Waals surface area (Å²) in [5, 5.41) is 4.03. The number of amides is 1. The number of carbonyl (C=O) groups is 1. The SMILES string of the molecule is Cc1cc(C2CNNC2C2CCCN2C(=O)Cc2ccccc2C)on1. The molecular weight excluding hydrogens is 328 g/mol. The van der Waals surface area contributed by atoms with Gasteiger partial charge in [0.05, 0.1) is 24.1 Å². The summed E-state index contributed by atoms with van der Waals surface area (Å²) in [5.41, 5.74) is 9.81. The number of benzene rings is 1. The van der Waals surface area contributed by atoms with E-state index in [0.29, 0.717) is 6.42 Å². The van der Waals surface area contributed by atoms with Crippen LogP contribution in [-0.2, 0) is 11.2 Å². The minimum atomic E-state index is 0.144. The van der Waals surface area contributed by atoms with E-state index in [1.165, 1.54) is 5.56 Å². The fourth-order valence-electron chi connectivity index (χ4n) is 4.26. The van der Waals surface area contributed by atoms with Crippen molar-refractivity contribution in [3.8, 4) is 0 Å². The van der Waals surface area contributed by atoms with E-state index in [9.17, 15) is 4.79 Å². The summed E-state index contributed by atoms with van der Waals surface area (Å²) in [5.74, 6) is 1.29. The van der Waals surface area contributed by atoms with Crippen LogP contribution >= 0.6 is 0 Å². The molecule has 1 aromatic heterocycles. The van der Waals surface area contributed by atoms with Crippen LogP contribution in [0, 0.1) is 13.8 Å². The van der Waals surface area contributed by atoms with Crippen LogP contribution in [0.5, 0.6) is 0 Å². The lowest BCUT2D eigenvalue weighted by Crippen LogP contribution is -2.50. The molecule has 138 valence electrons. The molecule has 3 heterocycles. The van der Waals surface area contributed by atoms with E-state index in [4.69, 9.17) is 4.52 Å². The van der Waals surface area contributed by atoms with Crippen molar-refractivity contribution >= 4 is 5.91 Å². The summed E-state index contributed by atoms with van der Waals surface area (Å²) in [6, 6.07) is 10.5. The van der Waals surface area contributed by atoms with Gasteiger partial charge in [0, 0.05) is 25.2 Å². The van der Waals surface area contributed by atoms with Gasteiger partial charge in [-0.15, -0.1) is 0 Å². The molecule has 2 fully saturated rings. The van der Waals surface area contributed by atoms with Gasteiger partial charge in [0.2, 0.25) is 5.91 Å². The zero-order chi connectivity index (χ0) is 18.1. The third-order valence-corrected chi connectivity index (χ3v) is 5.67. The normalized spacial score (nSPS) is 25.8. The van der Waals surface area contributed by atoms with E-state index in [1.807, 2.05) is 31.2 Å². The molecule has 26 heavy (non-hydrogen) atoms. The van der Waals surface area contributed by atoms with Crippen LogP contribution in [-0.4, -0.2) is 41.1 Å². The summed E-state index contributed by atoms with van der Waals surface area (Å²) >= 11 is 0. The molecule has 2 aromatic rings. The number of likely N-dealkylation sites (tertiary alicyclic amines) is 1. The summed E-state index contributed by atoms with van der Waals surface area (Å²) < 4.78 is 5.51. The van der Waals surface area contributed by atoms with Crippen LogP contribution in [0.15, 0.2) is 34.9 Å². The third-order valence-electron chi connectivity index (χ3n) is 5.67. The lowest BCUT2D eigenvalue weighted by Gasteiger charge is -2.31. The highest BCUT2D eigenvalue weighted by molar-refractivity contribution is 5.79. The van der Waals surface area contributed by atoms with Gasteiger partial charge in [-0.05, 0) is 37.8 Å². The maximum Gasteiger partial charge on any atom is 0.227 e. The molecule has 2 aliphatic heterocycles. The molecule has 6 nitrogen and oxygen atoms in total. The van der Waals surface area contributed by atoms with Gasteiger partial charge in [0.15, 0.2) is 0 Å². The highest BCUT2D eigenvalue weighted by atomic mass is 16.5. The smallest absolute Gasteiger partial charge is 0.227 e. The second-order valence-electron chi connectivity index (χ2n) is 7.43. The number of hydrazine groups is 1. The highest BCUT2D eigenvalue weighted by Gasteiger charge is 2.42. The van der Waals surface area contributed by atoms with Gasteiger partial charge in [-0.25, -0.2) is 0 Å². The Hall–Kier alpha value is -2.18. The summed E-state index contributed by atoms with van der Waals surface area (Å²) in [4.78, 5) is 15.1. The molecule has 0 radical (unpaired) electrons. The standard InChI is InChI=1S/C20H26N4O2/c1-13-6-3-4-7-15(13)11-19(25)24-9-5-8-17(24)20-16(12-21-22-20)18-10-14(2)23-26-18/h3-4,6-7,10,16-17,20-22H,5,8-9,11-12H2,1-2H3. The number of carbonyl (C=O) groups excluding carboxylic acids is 1. The molecule has 0 aliphatic carbocycles. The molecule has 3 atom stereocenters. The fraction of sp³-hybridized carbons (Fsp3) is 0.500. The van der Waals surface area contributed by atoms with Crippen LogP contribution in [0.3, 0.4) is 0 Å². The summed E-state index contributed by atoms with van der Waals surface area (Å²) in [7, 11) is 0. The second-order valence-corrected chi connectivity index (χ2v) is 7.43. The predicted molar refractivity (Wildman–Crippen MR) is 98.5 cm³/mol. The Morgan fingerprint density at radius 3 is 2.96 bits per heavy atom. The summed E-state index contributed by atoms with van der Waals surface area (Å²) in [6.07, 6.45) is 2.53. The van der Waals surface area contributed by atoms with E-state index in [1.54, 1.807) is 0 Å². The molecule has 4 rings (SSSR count). The number of hydrogen-bond donors (Lipinski definition) is 2. The first-order valence-electron chi connectivity index (χ1n) is 9.39. The second kappa shape index (κ2) is 7.21. The minimum Gasteiger partial charge on any atom is -0.361 e. The van der Waals surface area contributed by atoms with Crippen LogP contribution in [0.1, 0.15) is 41.3 Å². The van der Waals surface area contributed by atoms with Gasteiger partial charge in [-0.3, -0.25) is 15.6 Å². The van der Waals surface area contributed by atoms with E-state index >= 15 is 0 Å². The first-order valence-corrected chi connectivity index (χ1v) is 9.39. The molecule has 0 saturated carbocycles. The Kier molecular flexibility index (Phi) is 4.78. The third kappa shape index (κ3) is 3.27. The van der Waals surface area contributed by atoms with Gasteiger partial charge in [-0.1, -0.05) is 29.4 Å². The van der Waals surface area contributed by atoms with Crippen molar-refractivity contribution < 1.29 is 9.32 Å². The Morgan fingerprint density at radius 2 is 2.19 bits per heavy atom. The zero-order valence-electron chi connectivity index (χ0n) is 15.4. The van der Waals surface area contributed by atoms with E-state index in [2.05, 4.69) is 33.9 Å². The largest absolute Gasteiger partial charge is 0.361 e. The Labute approximate surface area is 153 Å². The molecule has 2 aliphatic rings. The molecule has 1 amide bonds. The zero-order valence-corrected chi connectivity index (χ0v) is 15.4. The van der Waals surface area contributed by atoms with E-state index in [0.717, 1.165) is 42.9 Å². The van der Waals surface area contributed by atoms with Crippen LogP contribution in [0.2, 0.25) is 0 Å². The van der Waals surface area contributed by atoms with Crippen molar-refractivity contribution in [3.05, 3.63) is 52.9 Å². The van der Waals surface area contributed by atoms with Crippen LogP contribution in [0.4, 0.5) is 0 Å². The Bertz CT molecular complexity index is 788. The number of rotatable bonds is 4. The van der Waals surface area contributed by atoms with Gasteiger partial charge in [-0.2, -0.15) is 0 Å². The number of nitrogens with zero attached hydrogens (tertiary/aromatic N) is 2. The van der Waals surface area contributed by atoms with Gasteiger partial charge >= 0.3 is 0 Å². The average molecular weight is 354 g/mol. The molecule has 1 aromatic carbocycles. The maximum atomic E-state index is 13.0. The van der Waals surface area contributed by atoms with E-state index < -0.39 is 0 Å². The molecular formula is C20H26N4O2. The Morgan fingerprint density at radius 1 is 1.35 bits per heavy atom. The van der Waals surface area contributed by atoms with Crippen molar-refractivity contribution in [2.75, 3.05) is 13.1 Å². The van der Waals surface area contributed by atoms with Crippen LogP contribution in [0.25, 0.3) is 0 Å². The molecule has 2 N–H and O–H groups in total. The average Bonchev–Trinajstić information content (AvgIpc) is 3.35.